The van der Waals surface area contributed by atoms with Gasteiger partial charge in [0.05, 0.1) is 11.3 Å². The first kappa shape index (κ1) is 24.1. The lowest BCUT2D eigenvalue weighted by atomic mass is 9.89. The van der Waals surface area contributed by atoms with E-state index >= 15 is 0 Å². The summed E-state index contributed by atoms with van der Waals surface area (Å²) < 4.78 is 0. The lowest BCUT2D eigenvalue weighted by molar-refractivity contribution is -0.113. The van der Waals surface area contributed by atoms with E-state index in [9.17, 15) is 14.9 Å². The Morgan fingerprint density at radius 1 is 1.06 bits per heavy atom. The Hall–Kier alpha value is -3.60. The number of carbonyl (C=O) groups excluding carboxylic acids is 2. The fourth-order valence-corrected chi connectivity index (χ4v) is 6.60. The molecule has 1 unspecified atom stereocenters. The number of anilines is 2. The van der Waals surface area contributed by atoms with E-state index in [1.165, 1.54) is 28.0 Å². The molecule has 0 spiro atoms. The molecular weight excluding hydrogens is 486 g/mol. The molecule has 180 valence electrons. The third-order valence-corrected chi connectivity index (χ3v) is 8.51. The minimum atomic E-state index is -0.180. The molecule has 2 amide bonds. The van der Waals surface area contributed by atoms with Crippen LogP contribution in [0.25, 0.3) is 10.8 Å². The van der Waals surface area contributed by atoms with Crippen LogP contribution in [0.4, 0.5) is 10.7 Å². The molecule has 7 heteroatoms. The highest BCUT2D eigenvalue weighted by Crippen LogP contribution is 2.39. The molecule has 0 saturated carbocycles. The second kappa shape index (κ2) is 10.6. The highest BCUT2D eigenvalue weighted by atomic mass is 32.2. The second-order valence-electron chi connectivity index (χ2n) is 9.05. The molecule has 1 aromatic heterocycles. The zero-order chi connectivity index (χ0) is 25.1. The van der Waals surface area contributed by atoms with Gasteiger partial charge in [-0.15, -0.1) is 23.1 Å². The summed E-state index contributed by atoms with van der Waals surface area (Å²) in [6.45, 7) is 2.22. The average molecular weight is 512 g/mol. The average Bonchev–Trinajstić information content (AvgIpc) is 3.23. The van der Waals surface area contributed by atoms with Crippen LogP contribution >= 0.6 is 23.1 Å². The molecular formula is C29H25N3O2S2. The van der Waals surface area contributed by atoms with Crippen molar-refractivity contribution in [2.75, 3.05) is 16.4 Å². The number of thioether (sulfide) groups is 1. The molecule has 5 rings (SSSR count). The molecule has 1 aliphatic carbocycles. The standard InChI is InChI=1S/C29H25N3O2S2/c1-18-9-12-24-25(16-30)29(36-26(24)13-18)32-27(33)17-35-23-8-4-7-22(15-23)31-28(34)21-11-10-19-5-2-3-6-20(19)14-21/h2-8,10-11,14-15,18H,9,12-13,17H2,1H3,(H,31,34)(H,32,33). The maximum atomic E-state index is 12.8. The Morgan fingerprint density at radius 3 is 2.72 bits per heavy atom. The van der Waals surface area contributed by atoms with Gasteiger partial charge in [-0.1, -0.05) is 43.3 Å². The van der Waals surface area contributed by atoms with Crippen molar-refractivity contribution < 1.29 is 9.59 Å². The van der Waals surface area contributed by atoms with Crippen LogP contribution in [0.5, 0.6) is 0 Å². The van der Waals surface area contributed by atoms with E-state index in [1.807, 2.05) is 66.7 Å². The monoisotopic (exact) mass is 511 g/mol. The van der Waals surface area contributed by atoms with Crippen molar-refractivity contribution in [2.45, 2.75) is 31.1 Å². The van der Waals surface area contributed by atoms with Crippen LogP contribution in [-0.2, 0) is 17.6 Å². The number of thiophene rings is 1. The van der Waals surface area contributed by atoms with Gasteiger partial charge in [0.2, 0.25) is 5.91 Å². The Balaban J connectivity index is 1.21. The van der Waals surface area contributed by atoms with Crippen LogP contribution in [-0.4, -0.2) is 17.6 Å². The fraction of sp³-hybridized carbons (Fsp3) is 0.207. The predicted octanol–water partition coefficient (Wildman–Crippen LogP) is 6.88. The van der Waals surface area contributed by atoms with Crippen LogP contribution in [0.3, 0.4) is 0 Å². The van der Waals surface area contributed by atoms with Crippen molar-refractivity contribution in [3.05, 3.63) is 88.3 Å². The van der Waals surface area contributed by atoms with Gasteiger partial charge in [-0.2, -0.15) is 5.26 Å². The number of hydrogen-bond acceptors (Lipinski definition) is 5. The van der Waals surface area contributed by atoms with Gasteiger partial charge < -0.3 is 10.6 Å². The molecule has 0 radical (unpaired) electrons. The number of carbonyl (C=O) groups is 2. The second-order valence-corrected chi connectivity index (χ2v) is 11.2. The number of nitriles is 1. The molecule has 1 aliphatic rings. The van der Waals surface area contributed by atoms with E-state index in [0.717, 1.165) is 40.5 Å². The summed E-state index contributed by atoms with van der Waals surface area (Å²) in [5.74, 6) is 0.497. The van der Waals surface area contributed by atoms with Gasteiger partial charge in [0.25, 0.3) is 5.91 Å². The highest BCUT2D eigenvalue weighted by Gasteiger charge is 2.24. The normalized spacial score (nSPS) is 14.6. The Morgan fingerprint density at radius 2 is 1.89 bits per heavy atom. The topological polar surface area (TPSA) is 82.0 Å². The van der Waals surface area contributed by atoms with Crippen LogP contribution in [0.1, 0.15) is 39.7 Å². The molecule has 36 heavy (non-hydrogen) atoms. The third kappa shape index (κ3) is 5.30. The fourth-order valence-electron chi connectivity index (χ4n) is 4.47. The summed E-state index contributed by atoms with van der Waals surface area (Å²) in [7, 11) is 0. The highest BCUT2D eigenvalue weighted by molar-refractivity contribution is 8.00. The summed E-state index contributed by atoms with van der Waals surface area (Å²) in [5, 5.41) is 18.3. The molecule has 1 atom stereocenters. The Labute approximate surface area is 218 Å². The number of nitrogens with one attached hydrogen (secondary N) is 2. The summed E-state index contributed by atoms with van der Waals surface area (Å²) in [4.78, 5) is 27.6. The quantitative estimate of drug-likeness (QED) is 0.276. The maximum Gasteiger partial charge on any atom is 0.255 e. The smallest absolute Gasteiger partial charge is 0.255 e. The largest absolute Gasteiger partial charge is 0.322 e. The van der Waals surface area contributed by atoms with Gasteiger partial charge >= 0.3 is 0 Å². The molecule has 3 aromatic carbocycles. The molecule has 1 heterocycles. The Bertz CT molecular complexity index is 1500. The first-order valence-corrected chi connectivity index (χ1v) is 13.7. The van der Waals surface area contributed by atoms with Crippen molar-refractivity contribution in [3.63, 3.8) is 0 Å². The number of amides is 2. The summed E-state index contributed by atoms with van der Waals surface area (Å²) in [6, 6.07) is 23.3. The van der Waals surface area contributed by atoms with E-state index in [0.29, 0.717) is 27.7 Å². The summed E-state index contributed by atoms with van der Waals surface area (Å²) in [6.07, 6.45) is 2.95. The van der Waals surface area contributed by atoms with Crippen molar-refractivity contribution in [2.24, 2.45) is 5.92 Å². The van der Waals surface area contributed by atoms with Crippen molar-refractivity contribution in [1.29, 1.82) is 5.26 Å². The molecule has 0 saturated heterocycles. The number of fused-ring (bicyclic) bond motifs is 2. The van der Waals surface area contributed by atoms with E-state index in [1.54, 1.807) is 0 Å². The number of hydrogen-bond donors (Lipinski definition) is 2. The van der Waals surface area contributed by atoms with Crippen molar-refractivity contribution >= 4 is 56.4 Å². The van der Waals surface area contributed by atoms with Crippen LogP contribution < -0.4 is 10.6 Å². The maximum absolute atomic E-state index is 12.8. The molecule has 0 fully saturated rings. The van der Waals surface area contributed by atoms with Gasteiger partial charge in [0, 0.05) is 21.0 Å². The summed E-state index contributed by atoms with van der Waals surface area (Å²) >= 11 is 2.93. The van der Waals surface area contributed by atoms with E-state index < -0.39 is 0 Å². The minimum absolute atomic E-state index is 0.145. The van der Waals surface area contributed by atoms with E-state index in [4.69, 9.17) is 0 Å². The first-order chi connectivity index (χ1) is 17.5. The predicted molar refractivity (Wildman–Crippen MR) is 148 cm³/mol. The van der Waals surface area contributed by atoms with Crippen LogP contribution in [0.2, 0.25) is 0 Å². The Kier molecular flexibility index (Phi) is 7.08. The van der Waals surface area contributed by atoms with Crippen LogP contribution in [0.15, 0.2) is 71.6 Å². The van der Waals surface area contributed by atoms with Gasteiger partial charge in [-0.3, -0.25) is 9.59 Å². The molecule has 2 N–H and O–H groups in total. The van der Waals surface area contributed by atoms with E-state index in [2.05, 4.69) is 23.6 Å². The van der Waals surface area contributed by atoms with Crippen LogP contribution in [0, 0.1) is 17.2 Å². The van der Waals surface area contributed by atoms with Gasteiger partial charge in [-0.25, -0.2) is 0 Å². The number of nitrogens with zero attached hydrogens (tertiary/aromatic N) is 1. The first-order valence-electron chi connectivity index (χ1n) is 11.9. The zero-order valence-corrected chi connectivity index (χ0v) is 21.5. The van der Waals surface area contributed by atoms with E-state index in [-0.39, 0.29) is 17.6 Å². The molecule has 0 bridgehead atoms. The van der Waals surface area contributed by atoms with Gasteiger partial charge in [0.1, 0.15) is 11.1 Å². The molecule has 5 nitrogen and oxygen atoms in total. The van der Waals surface area contributed by atoms with Crippen molar-refractivity contribution in [1.82, 2.24) is 0 Å². The minimum Gasteiger partial charge on any atom is -0.322 e. The SMILES string of the molecule is CC1CCc2c(sc(NC(=O)CSc3cccc(NC(=O)c4ccc5ccccc5c4)c3)c2C#N)C1. The molecule has 4 aromatic rings. The van der Waals surface area contributed by atoms with Gasteiger partial charge in [0.15, 0.2) is 0 Å². The lowest BCUT2D eigenvalue weighted by Gasteiger charge is -2.17. The summed E-state index contributed by atoms with van der Waals surface area (Å²) in [5.41, 5.74) is 3.00. The zero-order valence-electron chi connectivity index (χ0n) is 19.8. The van der Waals surface area contributed by atoms with Gasteiger partial charge in [-0.05, 0) is 71.8 Å². The number of rotatable bonds is 6. The third-order valence-electron chi connectivity index (χ3n) is 6.35. The van der Waals surface area contributed by atoms with Crippen molar-refractivity contribution in [3.8, 4) is 6.07 Å². The lowest BCUT2D eigenvalue weighted by Crippen LogP contribution is -2.14. The number of benzene rings is 3. The molecule has 0 aliphatic heterocycles.